The van der Waals surface area contributed by atoms with E-state index in [0.717, 1.165) is 10.3 Å². The van der Waals surface area contributed by atoms with Crippen molar-refractivity contribution in [1.82, 2.24) is 4.98 Å². The summed E-state index contributed by atoms with van der Waals surface area (Å²) in [6, 6.07) is 4.64. The van der Waals surface area contributed by atoms with Crippen LogP contribution in [-0.2, 0) is 0 Å². The van der Waals surface area contributed by atoms with Crippen LogP contribution in [0.1, 0.15) is 39.5 Å². The van der Waals surface area contributed by atoms with Crippen LogP contribution >= 0.6 is 15.9 Å². The maximum absolute atomic E-state index is 4.25. The van der Waals surface area contributed by atoms with Crippen LogP contribution in [-0.4, -0.2) is 11.0 Å². The summed E-state index contributed by atoms with van der Waals surface area (Å²) in [5.41, 5.74) is 1.52. The van der Waals surface area contributed by atoms with Gasteiger partial charge in [-0.05, 0) is 46.3 Å². The molecule has 0 spiro atoms. The maximum atomic E-state index is 4.25. The predicted molar refractivity (Wildman–Crippen MR) is 71.6 cm³/mol. The van der Waals surface area contributed by atoms with Crippen LogP contribution in [0.2, 0.25) is 0 Å². The van der Waals surface area contributed by atoms with E-state index in [-0.39, 0.29) is 0 Å². The van der Waals surface area contributed by atoms with Crippen LogP contribution in [0.15, 0.2) is 22.9 Å². The standard InChI is InChI=1S/C13H19BrN2/c1-13(2)8-4-3-5-11(13)16-10-6-7-12(14)15-9-10/h6-7,9,11,16H,3-5,8H2,1-2H3. The van der Waals surface area contributed by atoms with Gasteiger partial charge in [0.2, 0.25) is 0 Å². The minimum absolute atomic E-state index is 0.394. The highest BCUT2D eigenvalue weighted by Crippen LogP contribution is 2.37. The van der Waals surface area contributed by atoms with Crippen molar-refractivity contribution in [2.24, 2.45) is 5.41 Å². The molecular weight excluding hydrogens is 264 g/mol. The molecule has 16 heavy (non-hydrogen) atoms. The summed E-state index contributed by atoms with van der Waals surface area (Å²) in [6.45, 7) is 4.71. The third-order valence-corrected chi connectivity index (χ3v) is 4.04. The monoisotopic (exact) mass is 282 g/mol. The average Bonchev–Trinajstić information content (AvgIpc) is 2.24. The van der Waals surface area contributed by atoms with E-state index < -0.39 is 0 Å². The van der Waals surface area contributed by atoms with Gasteiger partial charge in [-0.3, -0.25) is 0 Å². The maximum Gasteiger partial charge on any atom is 0.106 e. The summed E-state index contributed by atoms with van der Waals surface area (Å²) < 4.78 is 0.890. The van der Waals surface area contributed by atoms with Gasteiger partial charge in [-0.15, -0.1) is 0 Å². The van der Waals surface area contributed by atoms with Gasteiger partial charge in [0.25, 0.3) is 0 Å². The Kier molecular flexibility index (Phi) is 3.53. The van der Waals surface area contributed by atoms with E-state index in [4.69, 9.17) is 0 Å². The molecule has 0 radical (unpaired) electrons. The van der Waals surface area contributed by atoms with Crippen LogP contribution in [0.25, 0.3) is 0 Å². The van der Waals surface area contributed by atoms with Gasteiger partial charge >= 0.3 is 0 Å². The first kappa shape index (κ1) is 11.9. The molecule has 1 N–H and O–H groups in total. The van der Waals surface area contributed by atoms with Crippen molar-refractivity contribution in [3.63, 3.8) is 0 Å². The highest BCUT2D eigenvalue weighted by molar-refractivity contribution is 9.10. The number of hydrogen-bond donors (Lipinski definition) is 1. The van der Waals surface area contributed by atoms with Gasteiger partial charge in [0.05, 0.1) is 11.9 Å². The number of rotatable bonds is 2. The fourth-order valence-corrected chi connectivity index (χ4v) is 2.66. The first-order valence-electron chi connectivity index (χ1n) is 5.96. The molecule has 0 bridgehead atoms. The number of pyridine rings is 1. The van der Waals surface area contributed by atoms with Crippen molar-refractivity contribution >= 4 is 21.6 Å². The topological polar surface area (TPSA) is 24.9 Å². The van der Waals surface area contributed by atoms with Crippen molar-refractivity contribution in [2.45, 2.75) is 45.6 Å². The summed E-state index contributed by atoms with van der Waals surface area (Å²) in [7, 11) is 0. The van der Waals surface area contributed by atoms with Gasteiger partial charge in [0.1, 0.15) is 4.60 Å². The third-order valence-electron chi connectivity index (χ3n) is 3.58. The fraction of sp³-hybridized carbons (Fsp3) is 0.615. The Balaban J connectivity index is 2.05. The second-order valence-corrected chi connectivity index (χ2v) is 6.11. The zero-order valence-corrected chi connectivity index (χ0v) is 11.5. The normalized spacial score (nSPS) is 24.1. The highest BCUT2D eigenvalue weighted by Gasteiger charge is 2.31. The molecule has 0 aromatic carbocycles. The Bertz CT molecular complexity index is 345. The lowest BCUT2D eigenvalue weighted by molar-refractivity contribution is 0.217. The van der Waals surface area contributed by atoms with Crippen LogP contribution in [0.5, 0.6) is 0 Å². The summed E-state index contributed by atoms with van der Waals surface area (Å²) in [6.07, 6.45) is 7.18. The molecule has 3 heteroatoms. The molecule has 1 heterocycles. The van der Waals surface area contributed by atoms with Crippen LogP contribution in [0.3, 0.4) is 0 Å². The van der Waals surface area contributed by atoms with Crippen molar-refractivity contribution in [3.8, 4) is 0 Å². The Morgan fingerprint density at radius 1 is 1.38 bits per heavy atom. The molecule has 88 valence electrons. The van der Waals surface area contributed by atoms with Crippen molar-refractivity contribution < 1.29 is 0 Å². The molecule has 1 aliphatic carbocycles. The number of aromatic nitrogens is 1. The Morgan fingerprint density at radius 3 is 2.81 bits per heavy atom. The first-order chi connectivity index (χ1) is 7.58. The predicted octanol–water partition coefficient (Wildman–Crippen LogP) is 4.22. The largest absolute Gasteiger partial charge is 0.381 e. The molecule has 1 aliphatic rings. The minimum Gasteiger partial charge on any atom is -0.381 e. The van der Waals surface area contributed by atoms with E-state index in [9.17, 15) is 0 Å². The fourth-order valence-electron chi connectivity index (χ4n) is 2.42. The first-order valence-corrected chi connectivity index (χ1v) is 6.75. The quantitative estimate of drug-likeness (QED) is 0.822. The zero-order chi connectivity index (χ0) is 11.6. The number of anilines is 1. The number of halogens is 1. The van der Waals surface area contributed by atoms with E-state index >= 15 is 0 Å². The molecular formula is C13H19BrN2. The molecule has 1 aromatic rings. The van der Waals surface area contributed by atoms with E-state index in [0.29, 0.717) is 11.5 Å². The van der Waals surface area contributed by atoms with Gasteiger partial charge < -0.3 is 5.32 Å². The molecule has 0 amide bonds. The van der Waals surface area contributed by atoms with Gasteiger partial charge in [-0.2, -0.15) is 0 Å². The van der Waals surface area contributed by atoms with E-state index in [2.05, 4.69) is 46.1 Å². The highest BCUT2D eigenvalue weighted by atomic mass is 79.9. The van der Waals surface area contributed by atoms with Crippen molar-refractivity contribution in [2.75, 3.05) is 5.32 Å². The van der Waals surface area contributed by atoms with Crippen molar-refractivity contribution in [1.29, 1.82) is 0 Å². The Labute approximate surface area is 106 Å². The lowest BCUT2D eigenvalue weighted by Gasteiger charge is -2.39. The number of nitrogens with one attached hydrogen (secondary N) is 1. The molecule has 1 saturated carbocycles. The smallest absolute Gasteiger partial charge is 0.106 e. The Morgan fingerprint density at radius 2 is 2.19 bits per heavy atom. The van der Waals surface area contributed by atoms with E-state index in [1.54, 1.807) is 0 Å². The zero-order valence-electron chi connectivity index (χ0n) is 9.96. The molecule has 0 saturated heterocycles. The SMILES string of the molecule is CC1(C)CCCCC1Nc1ccc(Br)nc1. The molecule has 1 aromatic heterocycles. The number of nitrogens with zero attached hydrogens (tertiary/aromatic N) is 1. The summed E-state index contributed by atoms with van der Waals surface area (Å²) in [4.78, 5) is 4.25. The molecule has 1 atom stereocenters. The second kappa shape index (κ2) is 4.74. The summed E-state index contributed by atoms with van der Waals surface area (Å²) >= 11 is 3.35. The second-order valence-electron chi connectivity index (χ2n) is 5.30. The van der Waals surface area contributed by atoms with Crippen LogP contribution in [0.4, 0.5) is 5.69 Å². The lowest BCUT2D eigenvalue weighted by atomic mass is 9.73. The minimum atomic E-state index is 0.394. The molecule has 1 unspecified atom stereocenters. The molecule has 1 fully saturated rings. The average molecular weight is 283 g/mol. The Hall–Kier alpha value is -0.570. The summed E-state index contributed by atoms with van der Waals surface area (Å²) in [5, 5.41) is 3.62. The lowest BCUT2D eigenvalue weighted by Crippen LogP contribution is -2.38. The van der Waals surface area contributed by atoms with Crippen LogP contribution < -0.4 is 5.32 Å². The van der Waals surface area contributed by atoms with Gasteiger partial charge in [-0.25, -0.2) is 4.98 Å². The van der Waals surface area contributed by atoms with Crippen LogP contribution in [0, 0.1) is 5.41 Å². The van der Waals surface area contributed by atoms with E-state index in [1.807, 2.05) is 12.3 Å². The molecule has 0 aliphatic heterocycles. The van der Waals surface area contributed by atoms with Crippen molar-refractivity contribution in [3.05, 3.63) is 22.9 Å². The molecule has 2 nitrogen and oxygen atoms in total. The third kappa shape index (κ3) is 2.76. The van der Waals surface area contributed by atoms with Gasteiger partial charge in [0.15, 0.2) is 0 Å². The number of hydrogen-bond acceptors (Lipinski definition) is 2. The van der Waals surface area contributed by atoms with E-state index in [1.165, 1.54) is 25.7 Å². The summed E-state index contributed by atoms with van der Waals surface area (Å²) in [5.74, 6) is 0. The van der Waals surface area contributed by atoms with Gasteiger partial charge in [-0.1, -0.05) is 26.7 Å². The molecule has 2 rings (SSSR count). The van der Waals surface area contributed by atoms with Gasteiger partial charge in [0, 0.05) is 6.04 Å².